The highest BCUT2D eigenvalue weighted by molar-refractivity contribution is 9.10. The number of ether oxygens (including phenoxy) is 1. The van der Waals surface area contributed by atoms with E-state index in [0.717, 1.165) is 6.07 Å². The van der Waals surface area contributed by atoms with Gasteiger partial charge >= 0.3 is 0 Å². The normalized spacial score (nSPS) is 13.7. The number of aryl methyl sites for hydroxylation is 1. The summed E-state index contributed by atoms with van der Waals surface area (Å²) >= 11 is 3.12. The quantitative estimate of drug-likeness (QED) is 0.577. The molecular formula is C18H14BrFN4O5S. The number of sulfonamides is 1. The molecule has 4 rings (SSSR count). The lowest BCUT2D eigenvalue weighted by Crippen LogP contribution is -2.38. The summed E-state index contributed by atoms with van der Waals surface area (Å²) in [6.45, 7) is 1.38. The minimum atomic E-state index is -4.14. The minimum Gasteiger partial charge on any atom is -0.482 e. The summed E-state index contributed by atoms with van der Waals surface area (Å²) in [5.74, 6) is -0.214. The molecule has 0 saturated carbocycles. The standard InChI is InChI=1S/C18H14BrFN4O5S/c1-10-21-17(22-29-10)8-24-15-7-12(3-5-16(15)28-9-18(24)25)30(26,27)23-14-4-2-11(19)6-13(14)20/h2-7,23H,8-9H2,1H3. The van der Waals surface area contributed by atoms with Gasteiger partial charge in [0.2, 0.25) is 5.89 Å². The fourth-order valence-electron chi connectivity index (χ4n) is 2.85. The van der Waals surface area contributed by atoms with Gasteiger partial charge in [-0.3, -0.25) is 14.4 Å². The molecule has 12 heteroatoms. The van der Waals surface area contributed by atoms with E-state index in [1.807, 2.05) is 0 Å². The molecule has 0 radical (unpaired) electrons. The van der Waals surface area contributed by atoms with Gasteiger partial charge in [0, 0.05) is 11.4 Å². The summed E-state index contributed by atoms with van der Waals surface area (Å²) in [5, 5.41) is 3.76. The number of hydrogen-bond donors (Lipinski definition) is 1. The van der Waals surface area contributed by atoms with Crippen LogP contribution in [-0.4, -0.2) is 31.1 Å². The first-order chi connectivity index (χ1) is 14.2. The van der Waals surface area contributed by atoms with Crippen LogP contribution in [0.5, 0.6) is 5.75 Å². The second kappa shape index (κ2) is 7.69. The number of halogens is 2. The Labute approximate surface area is 179 Å². The summed E-state index contributed by atoms with van der Waals surface area (Å²) in [5.41, 5.74) is 0.0234. The van der Waals surface area contributed by atoms with Crippen molar-refractivity contribution in [2.45, 2.75) is 18.4 Å². The number of rotatable bonds is 5. The highest BCUT2D eigenvalue weighted by Crippen LogP contribution is 2.35. The molecule has 0 atom stereocenters. The van der Waals surface area contributed by atoms with E-state index in [1.165, 1.54) is 35.2 Å². The fourth-order valence-corrected chi connectivity index (χ4v) is 4.27. The van der Waals surface area contributed by atoms with E-state index < -0.39 is 21.7 Å². The van der Waals surface area contributed by atoms with Crippen LogP contribution >= 0.6 is 15.9 Å². The van der Waals surface area contributed by atoms with Gasteiger partial charge in [-0.25, -0.2) is 12.8 Å². The monoisotopic (exact) mass is 496 g/mol. The second-order valence-corrected chi connectivity index (χ2v) is 8.96. The van der Waals surface area contributed by atoms with Crippen molar-refractivity contribution in [1.82, 2.24) is 10.1 Å². The predicted molar refractivity (Wildman–Crippen MR) is 107 cm³/mol. The van der Waals surface area contributed by atoms with Crippen LogP contribution in [0.25, 0.3) is 0 Å². The summed E-state index contributed by atoms with van der Waals surface area (Å²) in [6, 6.07) is 7.97. The molecule has 3 aromatic rings. The minimum absolute atomic E-state index is 0.0230. The van der Waals surface area contributed by atoms with Crippen LogP contribution in [0.4, 0.5) is 15.8 Å². The Morgan fingerprint density at radius 3 is 2.77 bits per heavy atom. The first-order valence-electron chi connectivity index (χ1n) is 8.57. The maximum Gasteiger partial charge on any atom is 0.265 e. The van der Waals surface area contributed by atoms with Crippen molar-refractivity contribution in [3.8, 4) is 5.75 Å². The van der Waals surface area contributed by atoms with Crippen LogP contribution in [0.2, 0.25) is 0 Å². The van der Waals surface area contributed by atoms with Crippen molar-refractivity contribution >= 4 is 43.2 Å². The third kappa shape index (κ3) is 4.00. The Morgan fingerprint density at radius 2 is 2.07 bits per heavy atom. The molecule has 2 aromatic carbocycles. The van der Waals surface area contributed by atoms with Gasteiger partial charge in [-0.05, 0) is 36.4 Å². The molecule has 1 aromatic heterocycles. The Balaban J connectivity index is 1.68. The van der Waals surface area contributed by atoms with Crippen LogP contribution in [0.15, 0.2) is 50.3 Å². The number of nitrogens with zero attached hydrogens (tertiary/aromatic N) is 3. The molecule has 0 aliphatic carbocycles. The Morgan fingerprint density at radius 1 is 1.27 bits per heavy atom. The number of carbonyl (C=O) groups excluding carboxylic acids is 1. The summed E-state index contributed by atoms with van der Waals surface area (Å²) in [6.07, 6.45) is 0. The maximum atomic E-state index is 14.1. The number of nitrogens with one attached hydrogen (secondary N) is 1. The molecule has 9 nitrogen and oxygen atoms in total. The molecule has 30 heavy (non-hydrogen) atoms. The van der Waals surface area contributed by atoms with Gasteiger partial charge in [0.15, 0.2) is 12.4 Å². The largest absolute Gasteiger partial charge is 0.482 e. The van der Waals surface area contributed by atoms with E-state index in [0.29, 0.717) is 16.1 Å². The van der Waals surface area contributed by atoms with Crippen LogP contribution in [-0.2, 0) is 21.4 Å². The molecule has 2 heterocycles. The number of carbonyl (C=O) groups is 1. The Hall–Kier alpha value is -2.99. The van der Waals surface area contributed by atoms with E-state index in [9.17, 15) is 17.6 Å². The zero-order valence-electron chi connectivity index (χ0n) is 15.4. The first kappa shape index (κ1) is 20.3. The van der Waals surface area contributed by atoms with Crippen LogP contribution in [0.1, 0.15) is 11.7 Å². The molecule has 0 unspecified atom stereocenters. The summed E-state index contributed by atoms with van der Waals surface area (Å²) < 4.78 is 52.7. The van der Waals surface area contributed by atoms with Crippen molar-refractivity contribution in [1.29, 1.82) is 0 Å². The lowest BCUT2D eigenvalue weighted by atomic mass is 10.2. The SMILES string of the molecule is Cc1nc(CN2C(=O)COc3ccc(S(=O)(=O)Nc4ccc(Br)cc4F)cc32)no1. The van der Waals surface area contributed by atoms with Gasteiger partial charge in [0.25, 0.3) is 15.9 Å². The lowest BCUT2D eigenvalue weighted by Gasteiger charge is -2.28. The van der Waals surface area contributed by atoms with E-state index in [4.69, 9.17) is 9.26 Å². The first-order valence-corrected chi connectivity index (χ1v) is 10.8. The zero-order chi connectivity index (χ0) is 21.5. The Kier molecular flexibility index (Phi) is 5.20. The maximum absolute atomic E-state index is 14.1. The molecule has 0 bridgehead atoms. The van der Waals surface area contributed by atoms with Crippen molar-refractivity contribution in [2.75, 3.05) is 16.2 Å². The number of amides is 1. The van der Waals surface area contributed by atoms with Gasteiger partial charge in [-0.1, -0.05) is 21.1 Å². The van der Waals surface area contributed by atoms with E-state index in [1.54, 1.807) is 6.92 Å². The topological polar surface area (TPSA) is 115 Å². The van der Waals surface area contributed by atoms with Gasteiger partial charge in [0.05, 0.1) is 22.8 Å². The molecule has 1 N–H and O–H groups in total. The third-order valence-electron chi connectivity index (χ3n) is 4.23. The lowest BCUT2D eigenvalue weighted by molar-refractivity contribution is -0.121. The van der Waals surface area contributed by atoms with Crippen LogP contribution < -0.4 is 14.4 Å². The number of aromatic nitrogens is 2. The van der Waals surface area contributed by atoms with Crippen LogP contribution in [0, 0.1) is 12.7 Å². The third-order valence-corrected chi connectivity index (χ3v) is 6.08. The van der Waals surface area contributed by atoms with Crippen molar-refractivity contribution in [3.63, 3.8) is 0 Å². The van der Waals surface area contributed by atoms with Gasteiger partial charge in [-0.15, -0.1) is 0 Å². The number of hydrogen-bond acceptors (Lipinski definition) is 7. The molecule has 0 fully saturated rings. The second-order valence-electron chi connectivity index (χ2n) is 6.36. The molecule has 1 amide bonds. The van der Waals surface area contributed by atoms with Crippen molar-refractivity contribution < 1.29 is 26.9 Å². The molecule has 1 aliphatic rings. The molecule has 156 valence electrons. The molecule has 0 saturated heterocycles. The zero-order valence-corrected chi connectivity index (χ0v) is 17.8. The van der Waals surface area contributed by atoms with E-state index >= 15 is 0 Å². The van der Waals surface area contributed by atoms with Crippen LogP contribution in [0.3, 0.4) is 0 Å². The smallest absolute Gasteiger partial charge is 0.265 e. The number of benzene rings is 2. The van der Waals surface area contributed by atoms with Crippen molar-refractivity contribution in [2.24, 2.45) is 0 Å². The number of fused-ring (bicyclic) bond motifs is 1. The van der Waals surface area contributed by atoms with E-state index in [2.05, 4.69) is 30.8 Å². The fraction of sp³-hybridized carbons (Fsp3) is 0.167. The summed E-state index contributed by atoms with van der Waals surface area (Å²) in [4.78, 5) is 17.6. The molecular weight excluding hydrogens is 483 g/mol. The number of anilines is 2. The molecule has 0 spiro atoms. The highest BCUT2D eigenvalue weighted by atomic mass is 79.9. The van der Waals surface area contributed by atoms with Crippen molar-refractivity contribution in [3.05, 3.63) is 58.4 Å². The van der Waals surface area contributed by atoms with Gasteiger partial charge < -0.3 is 9.26 Å². The summed E-state index contributed by atoms with van der Waals surface area (Å²) in [7, 11) is -4.14. The van der Waals surface area contributed by atoms with Gasteiger partial charge in [0.1, 0.15) is 11.6 Å². The average molecular weight is 497 g/mol. The van der Waals surface area contributed by atoms with E-state index in [-0.39, 0.29) is 35.2 Å². The Bertz CT molecular complexity index is 1250. The molecule has 1 aliphatic heterocycles. The van der Waals surface area contributed by atoms with Gasteiger partial charge in [-0.2, -0.15) is 4.98 Å². The highest BCUT2D eigenvalue weighted by Gasteiger charge is 2.29. The predicted octanol–water partition coefficient (Wildman–Crippen LogP) is 3.01. The average Bonchev–Trinajstić information content (AvgIpc) is 3.11.